The van der Waals surface area contributed by atoms with Gasteiger partial charge >= 0.3 is 0 Å². The molecule has 0 saturated carbocycles. The molecule has 0 aliphatic rings. The lowest BCUT2D eigenvalue weighted by Crippen LogP contribution is -2.07. The summed E-state index contributed by atoms with van der Waals surface area (Å²) in [7, 11) is 1.60. The van der Waals surface area contributed by atoms with Crippen molar-refractivity contribution in [2.75, 3.05) is 26.1 Å². The summed E-state index contributed by atoms with van der Waals surface area (Å²) in [5.74, 6) is 0.405. The molecule has 0 amide bonds. The molecule has 0 aliphatic heterocycles. The second-order valence-corrected chi connectivity index (χ2v) is 2.12. The van der Waals surface area contributed by atoms with E-state index in [0.717, 1.165) is 0 Å². The van der Waals surface area contributed by atoms with Crippen molar-refractivity contribution in [1.29, 1.82) is 0 Å². The average molecular weight is 169 g/mol. The smallest absolute Gasteiger partial charge is 0.240 e. The Bertz CT molecular complexity index is 242. The quantitative estimate of drug-likeness (QED) is 0.646. The SMILES string of the molecule is COCCOc1ncncc1N. The van der Waals surface area contributed by atoms with Crippen molar-refractivity contribution >= 4 is 5.69 Å². The van der Waals surface area contributed by atoms with Crippen LogP contribution in [0.2, 0.25) is 0 Å². The number of hydrogen-bond acceptors (Lipinski definition) is 5. The maximum Gasteiger partial charge on any atom is 0.240 e. The summed E-state index contributed by atoms with van der Waals surface area (Å²) in [6.45, 7) is 0.959. The van der Waals surface area contributed by atoms with Crippen molar-refractivity contribution in [3.63, 3.8) is 0 Å². The Morgan fingerprint density at radius 1 is 1.50 bits per heavy atom. The van der Waals surface area contributed by atoms with Crippen LogP contribution in [0.4, 0.5) is 5.69 Å². The Morgan fingerprint density at radius 3 is 3.00 bits per heavy atom. The number of aromatic nitrogens is 2. The minimum absolute atomic E-state index is 0.405. The normalized spacial score (nSPS) is 9.75. The molecule has 0 aliphatic carbocycles. The number of hydrogen-bond donors (Lipinski definition) is 1. The Labute approximate surface area is 70.5 Å². The van der Waals surface area contributed by atoms with Gasteiger partial charge in [-0.05, 0) is 0 Å². The maximum atomic E-state index is 5.51. The number of ether oxygens (including phenoxy) is 2. The molecule has 1 heterocycles. The van der Waals surface area contributed by atoms with Gasteiger partial charge in [0.1, 0.15) is 18.6 Å². The van der Waals surface area contributed by atoms with E-state index in [0.29, 0.717) is 24.8 Å². The molecule has 66 valence electrons. The molecular formula is C7H11N3O2. The molecule has 1 rings (SSSR count). The highest BCUT2D eigenvalue weighted by Crippen LogP contribution is 2.13. The lowest BCUT2D eigenvalue weighted by molar-refractivity contribution is 0.144. The Hall–Kier alpha value is -1.36. The Balaban J connectivity index is 2.46. The van der Waals surface area contributed by atoms with Gasteiger partial charge in [-0.1, -0.05) is 0 Å². The van der Waals surface area contributed by atoms with Crippen molar-refractivity contribution < 1.29 is 9.47 Å². The third kappa shape index (κ3) is 2.35. The van der Waals surface area contributed by atoms with Gasteiger partial charge in [0.25, 0.3) is 0 Å². The van der Waals surface area contributed by atoms with Crippen LogP contribution in [0.15, 0.2) is 12.5 Å². The fraction of sp³-hybridized carbons (Fsp3) is 0.429. The number of nitrogens with two attached hydrogens (primary N) is 1. The summed E-state index contributed by atoms with van der Waals surface area (Å²) in [4.78, 5) is 7.56. The number of nitrogens with zero attached hydrogens (tertiary/aromatic N) is 2. The first-order chi connectivity index (χ1) is 5.84. The molecule has 12 heavy (non-hydrogen) atoms. The summed E-state index contributed by atoms with van der Waals surface area (Å²) in [6.07, 6.45) is 2.88. The minimum Gasteiger partial charge on any atom is -0.474 e. The van der Waals surface area contributed by atoms with Crippen molar-refractivity contribution in [3.05, 3.63) is 12.5 Å². The zero-order valence-electron chi connectivity index (χ0n) is 6.86. The zero-order chi connectivity index (χ0) is 8.81. The van der Waals surface area contributed by atoms with Crippen LogP contribution in [0.1, 0.15) is 0 Å². The summed E-state index contributed by atoms with van der Waals surface area (Å²) in [6, 6.07) is 0. The molecule has 0 spiro atoms. The first kappa shape index (κ1) is 8.73. The first-order valence-corrected chi connectivity index (χ1v) is 3.52. The lowest BCUT2D eigenvalue weighted by atomic mass is 10.5. The summed E-state index contributed by atoms with van der Waals surface area (Å²) < 4.78 is 9.97. The van der Waals surface area contributed by atoms with E-state index < -0.39 is 0 Å². The Kier molecular flexibility index (Phi) is 3.28. The van der Waals surface area contributed by atoms with Crippen LogP contribution in [0.5, 0.6) is 5.88 Å². The average Bonchev–Trinajstić information content (AvgIpc) is 2.09. The van der Waals surface area contributed by atoms with Gasteiger partial charge in [-0.25, -0.2) is 9.97 Å². The van der Waals surface area contributed by atoms with E-state index in [1.165, 1.54) is 12.5 Å². The Morgan fingerprint density at radius 2 is 2.33 bits per heavy atom. The van der Waals surface area contributed by atoms with Crippen LogP contribution in [-0.2, 0) is 4.74 Å². The van der Waals surface area contributed by atoms with Crippen LogP contribution in [0, 0.1) is 0 Å². The molecule has 2 N–H and O–H groups in total. The highest BCUT2D eigenvalue weighted by Gasteiger charge is 1.99. The molecule has 0 unspecified atom stereocenters. The van der Waals surface area contributed by atoms with E-state index in [1.54, 1.807) is 7.11 Å². The van der Waals surface area contributed by atoms with Crippen LogP contribution >= 0.6 is 0 Å². The van der Waals surface area contributed by atoms with E-state index in [1.807, 2.05) is 0 Å². The van der Waals surface area contributed by atoms with Gasteiger partial charge in [-0.3, -0.25) is 0 Å². The molecule has 0 aromatic carbocycles. The number of rotatable bonds is 4. The number of nitrogen functional groups attached to an aromatic ring is 1. The molecule has 0 atom stereocenters. The van der Waals surface area contributed by atoms with Gasteiger partial charge in [0, 0.05) is 7.11 Å². The lowest BCUT2D eigenvalue weighted by Gasteiger charge is -2.04. The highest BCUT2D eigenvalue weighted by molar-refractivity contribution is 5.44. The summed E-state index contributed by atoms with van der Waals surface area (Å²) in [5, 5.41) is 0. The molecular weight excluding hydrogens is 158 g/mol. The zero-order valence-corrected chi connectivity index (χ0v) is 6.86. The van der Waals surface area contributed by atoms with Gasteiger partial charge in [0.15, 0.2) is 0 Å². The minimum atomic E-state index is 0.405. The van der Waals surface area contributed by atoms with E-state index in [2.05, 4.69) is 9.97 Å². The first-order valence-electron chi connectivity index (χ1n) is 3.52. The molecule has 1 aromatic heterocycles. The molecule has 5 nitrogen and oxygen atoms in total. The molecule has 0 fully saturated rings. The largest absolute Gasteiger partial charge is 0.474 e. The molecule has 1 aromatic rings. The third-order valence-corrected chi connectivity index (χ3v) is 1.23. The van der Waals surface area contributed by atoms with Crippen molar-refractivity contribution in [1.82, 2.24) is 9.97 Å². The van der Waals surface area contributed by atoms with Crippen LogP contribution in [0.25, 0.3) is 0 Å². The van der Waals surface area contributed by atoms with E-state index in [4.69, 9.17) is 15.2 Å². The van der Waals surface area contributed by atoms with Gasteiger partial charge < -0.3 is 15.2 Å². The third-order valence-electron chi connectivity index (χ3n) is 1.23. The molecule has 0 bridgehead atoms. The van der Waals surface area contributed by atoms with Gasteiger partial charge in [0.05, 0.1) is 12.8 Å². The molecule has 5 heteroatoms. The van der Waals surface area contributed by atoms with Crippen molar-refractivity contribution in [2.24, 2.45) is 0 Å². The van der Waals surface area contributed by atoms with E-state index >= 15 is 0 Å². The van der Waals surface area contributed by atoms with Gasteiger partial charge in [-0.2, -0.15) is 0 Å². The predicted octanol–water partition coefficient (Wildman–Crippen LogP) is 0.0840. The van der Waals surface area contributed by atoms with Crippen LogP contribution in [-0.4, -0.2) is 30.3 Å². The standard InChI is InChI=1S/C7H11N3O2/c1-11-2-3-12-7-6(8)4-9-5-10-7/h4-5H,2-3,8H2,1H3. The van der Waals surface area contributed by atoms with Crippen LogP contribution < -0.4 is 10.5 Å². The predicted molar refractivity (Wildman–Crippen MR) is 43.8 cm³/mol. The second-order valence-electron chi connectivity index (χ2n) is 2.12. The topological polar surface area (TPSA) is 70.3 Å². The summed E-state index contributed by atoms with van der Waals surface area (Å²) in [5.41, 5.74) is 5.95. The number of methoxy groups -OCH3 is 1. The maximum absolute atomic E-state index is 5.51. The van der Waals surface area contributed by atoms with Gasteiger partial charge in [-0.15, -0.1) is 0 Å². The van der Waals surface area contributed by atoms with Crippen molar-refractivity contribution in [3.8, 4) is 5.88 Å². The van der Waals surface area contributed by atoms with Crippen molar-refractivity contribution in [2.45, 2.75) is 0 Å². The fourth-order valence-electron chi connectivity index (χ4n) is 0.671. The van der Waals surface area contributed by atoms with E-state index in [-0.39, 0.29) is 0 Å². The number of anilines is 1. The van der Waals surface area contributed by atoms with Crippen LogP contribution in [0.3, 0.4) is 0 Å². The fourth-order valence-corrected chi connectivity index (χ4v) is 0.671. The molecule has 0 saturated heterocycles. The molecule has 0 radical (unpaired) electrons. The highest BCUT2D eigenvalue weighted by atomic mass is 16.5. The van der Waals surface area contributed by atoms with E-state index in [9.17, 15) is 0 Å². The monoisotopic (exact) mass is 169 g/mol. The summed E-state index contributed by atoms with van der Waals surface area (Å²) >= 11 is 0. The van der Waals surface area contributed by atoms with Gasteiger partial charge in [0.2, 0.25) is 5.88 Å². The second kappa shape index (κ2) is 4.50.